The third-order valence-corrected chi connectivity index (χ3v) is 2.21. The zero-order valence-corrected chi connectivity index (χ0v) is 8.70. The smallest absolute Gasteiger partial charge is 0.364 e. The van der Waals surface area contributed by atoms with Gasteiger partial charge in [-0.15, -0.1) is 5.10 Å². The van der Waals surface area contributed by atoms with Gasteiger partial charge >= 0.3 is 5.69 Å². The molecule has 2 heterocycles. The molecule has 0 saturated carbocycles. The lowest BCUT2D eigenvalue weighted by molar-refractivity contribution is 0.451. The predicted octanol–water partition coefficient (Wildman–Crippen LogP) is 1.21. The quantitative estimate of drug-likeness (QED) is 0.715. The van der Waals surface area contributed by atoms with Gasteiger partial charge in [-0.3, -0.25) is 0 Å². The highest BCUT2D eigenvalue weighted by Crippen LogP contribution is 2.17. The maximum absolute atomic E-state index is 11.3. The fraction of sp³-hybridized carbons (Fsp3) is 0. The van der Waals surface area contributed by atoms with E-state index in [0.29, 0.717) is 17.3 Å². The zero-order valence-electron chi connectivity index (χ0n) is 8.70. The Morgan fingerprint density at radius 3 is 2.76 bits per heavy atom. The maximum atomic E-state index is 11.3. The van der Waals surface area contributed by atoms with E-state index in [1.807, 2.05) is 30.3 Å². The van der Waals surface area contributed by atoms with Crippen molar-refractivity contribution in [2.24, 2.45) is 0 Å². The maximum Gasteiger partial charge on any atom is 0.364 e. The average Bonchev–Trinajstić information content (AvgIpc) is 2.73. The Bertz CT molecular complexity index is 702. The van der Waals surface area contributed by atoms with E-state index >= 15 is 0 Å². The van der Waals surface area contributed by atoms with E-state index in [-0.39, 0.29) is 0 Å². The number of nitrogens with zero attached hydrogens (tertiary/aromatic N) is 3. The van der Waals surface area contributed by atoms with Gasteiger partial charge in [0, 0.05) is 6.07 Å². The van der Waals surface area contributed by atoms with Crippen LogP contribution >= 0.6 is 0 Å². The first-order valence-electron chi connectivity index (χ1n) is 5.00. The van der Waals surface area contributed by atoms with Gasteiger partial charge in [0.1, 0.15) is 5.75 Å². The number of benzene rings is 1. The van der Waals surface area contributed by atoms with Gasteiger partial charge in [0.2, 0.25) is 5.88 Å². The van der Waals surface area contributed by atoms with Gasteiger partial charge in [-0.2, -0.15) is 9.61 Å². The van der Waals surface area contributed by atoms with E-state index in [4.69, 9.17) is 4.74 Å². The van der Waals surface area contributed by atoms with E-state index in [9.17, 15) is 4.79 Å². The van der Waals surface area contributed by atoms with Gasteiger partial charge in [0.15, 0.2) is 5.65 Å². The molecule has 0 fully saturated rings. The molecule has 0 saturated heterocycles. The average molecular weight is 228 g/mol. The number of aromatic nitrogens is 4. The molecule has 0 aliphatic heterocycles. The molecule has 6 nitrogen and oxygen atoms in total. The number of aromatic amines is 1. The molecule has 0 atom stereocenters. The molecular formula is C11H8N4O2. The summed E-state index contributed by atoms with van der Waals surface area (Å²) in [7, 11) is 0. The van der Waals surface area contributed by atoms with Gasteiger partial charge in [0.25, 0.3) is 0 Å². The number of nitrogens with one attached hydrogen (secondary N) is 1. The summed E-state index contributed by atoms with van der Waals surface area (Å²) in [6.07, 6.45) is 0. The van der Waals surface area contributed by atoms with Crippen molar-refractivity contribution in [3.05, 3.63) is 52.9 Å². The van der Waals surface area contributed by atoms with Gasteiger partial charge in [-0.05, 0) is 18.2 Å². The highest BCUT2D eigenvalue weighted by molar-refractivity contribution is 5.37. The van der Waals surface area contributed by atoms with Crippen molar-refractivity contribution < 1.29 is 4.74 Å². The van der Waals surface area contributed by atoms with Crippen LogP contribution in [0.1, 0.15) is 0 Å². The van der Waals surface area contributed by atoms with Gasteiger partial charge in [-0.25, -0.2) is 9.89 Å². The van der Waals surface area contributed by atoms with E-state index in [1.165, 1.54) is 0 Å². The summed E-state index contributed by atoms with van der Waals surface area (Å²) >= 11 is 0. The highest BCUT2D eigenvalue weighted by Gasteiger charge is 2.03. The van der Waals surface area contributed by atoms with E-state index in [0.717, 1.165) is 4.52 Å². The highest BCUT2D eigenvalue weighted by atomic mass is 16.5. The summed E-state index contributed by atoms with van der Waals surface area (Å²) in [6, 6.07) is 12.5. The Labute approximate surface area is 95.5 Å². The van der Waals surface area contributed by atoms with Crippen molar-refractivity contribution in [2.75, 3.05) is 0 Å². The molecule has 84 valence electrons. The summed E-state index contributed by atoms with van der Waals surface area (Å²) in [4.78, 5) is 11.3. The van der Waals surface area contributed by atoms with Crippen LogP contribution in [0.3, 0.4) is 0 Å². The first kappa shape index (κ1) is 9.59. The SMILES string of the molecule is O=c1[nH]nc2ccc(Oc3ccccc3)nn12. The molecule has 3 rings (SSSR count). The predicted molar refractivity (Wildman–Crippen MR) is 60.1 cm³/mol. The Kier molecular flexibility index (Phi) is 2.11. The van der Waals surface area contributed by atoms with Crippen molar-refractivity contribution in [1.82, 2.24) is 19.8 Å². The molecule has 0 bridgehead atoms. The molecule has 0 spiro atoms. The summed E-state index contributed by atoms with van der Waals surface area (Å²) in [6.45, 7) is 0. The lowest BCUT2D eigenvalue weighted by Crippen LogP contribution is -2.12. The Hall–Kier alpha value is -2.63. The molecule has 1 aromatic carbocycles. The van der Waals surface area contributed by atoms with Crippen molar-refractivity contribution in [1.29, 1.82) is 0 Å². The van der Waals surface area contributed by atoms with Crippen LogP contribution in [0.4, 0.5) is 0 Å². The number of ether oxygens (including phenoxy) is 1. The fourth-order valence-electron chi connectivity index (χ4n) is 1.45. The first-order chi connectivity index (χ1) is 8.33. The van der Waals surface area contributed by atoms with Crippen LogP contribution in [0.25, 0.3) is 5.65 Å². The summed E-state index contributed by atoms with van der Waals surface area (Å²) in [5.74, 6) is 1.00. The Balaban J connectivity index is 2.01. The second-order valence-electron chi connectivity index (χ2n) is 3.39. The van der Waals surface area contributed by atoms with E-state index in [1.54, 1.807) is 12.1 Å². The topological polar surface area (TPSA) is 72.3 Å². The minimum atomic E-state index is -0.390. The first-order valence-corrected chi connectivity index (χ1v) is 5.00. The van der Waals surface area contributed by atoms with Crippen LogP contribution in [0.5, 0.6) is 11.6 Å². The lowest BCUT2D eigenvalue weighted by Gasteiger charge is -2.03. The molecule has 0 radical (unpaired) electrons. The lowest BCUT2D eigenvalue weighted by atomic mass is 10.3. The van der Waals surface area contributed by atoms with Gasteiger partial charge in [0.05, 0.1) is 0 Å². The van der Waals surface area contributed by atoms with Crippen molar-refractivity contribution in [2.45, 2.75) is 0 Å². The summed E-state index contributed by atoms with van der Waals surface area (Å²) in [5.41, 5.74) is 0.0638. The van der Waals surface area contributed by atoms with Crippen LogP contribution in [0, 0.1) is 0 Å². The van der Waals surface area contributed by atoms with Crippen LogP contribution in [0.15, 0.2) is 47.3 Å². The number of hydrogen-bond acceptors (Lipinski definition) is 4. The van der Waals surface area contributed by atoms with E-state index < -0.39 is 5.69 Å². The number of H-pyrrole nitrogens is 1. The number of fused-ring (bicyclic) bond motifs is 1. The molecule has 3 aromatic rings. The monoisotopic (exact) mass is 228 g/mol. The molecule has 0 aliphatic rings. The fourth-order valence-corrected chi connectivity index (χ4v) is 1.45. The molecular weight excluding hydrogens is 220 g/mol. The van der Waals surface area contributed by atoms with Crippen LogP contribution < -0.4 is 10.4 Å². The van der Waals surface area contributed by atoms with Crippen LogP contribution in [-0.2, 0) is 0 Å². The number of hydrogen-bond donors (Lipinski definition) is 1. The summed E-state index contributed by atoms with van der Waals surface area (Å²) < 4.78 is 6.65. The van der Waals surface area contributed by atoms with Crippen LogP contribution in [-0.4, -0.2) is 19.8 Å². The minimum Gasteiger partial charge on any atom is -0.438 e. The molecule has 1 N–H and O–H groups in total. The van der Waals surface area contributed by atoms with Crippen molar-refractivity contribution in [3.8, 4) is 11.6 Å². The van der Waals surface area contributed by atoms with Crippen LogP contribution in [0.2, 0.25) is 0 Å². The third-order valence-electron chi connectivity index (χ3n) is 2.21. The molecule has 6 heteroatoms. The third kappa shape index (κ3) is 1.76. The molecule has 17 heavy (non-hydrogen) atoms. The second-order valence-corrected chi connectivity index (χ2v) is 3.39. The summed E-state index contributed by atoms with van der Waals surface area (Å²) in [5, 5.41) is 10.1. The zero-order chi connectivity index (χ0) is 11.7. The van der Waals surface area contributed by atoms with E-state index in [2.05, 4.69) is 15.3 Å². The van der Waals surface area contributed by atoms with Gasteiger partial charge < -0.3 is 4.74 Å². The molecule has 0 unspecified atom stereocenters. The molecule has 0 aliphatic carbocycles. The number of rotatable bonds is 2. The minimum absolute atomic E-state index is 0.340. The van der Waals surface area contributed by atoms with Gasteiger partial charge in [-0.1, -0.05) is 18.2 Å². The van der Waals surface area contributed by atoms with Crippen molar-refractivity contribution in [3.63, 3.8) is 0 Å². The molecule has 2 aromatic heterocycles. The largest absolute Gasteiger partial charge is 0.438 e. The Morgan fingerprint density at radius 1 is 1.12 bits per heavy atom. The Morgan fingerprint density at radius 2 is 1.94 bits per heavy atom. The van der Waals surface area contributed by atoms with Crippen molar-refractivity contribution >= 4 is 5.65 Å². The molecule has 0 amide bonds. The number of para-hydroxylation sites is 1. The standard InChI is InChI=1S/C11H8N4O2/c16-11-13-12-9-6-7-10(14-15(9)11)17-8-4-2-1-3-5-8/h1-7H,(H,13,16). The normalized spacial score (nSPS) is 10.6. The second kappa shape index (κ2) is 3.75.